The van der Waals surface area contributed by atoms with Gasteiger partial charge in [-0.25, -0.2) is 0 Å². The fraction of sp³-hybridized carbons (Fsp3) is 0.0870. The first-order valence-electron chi connectivity index (χ1n) is 9.18. The van der Waals surface area contributed by atoms with Crippen LogP contribution in [0.15, 0.2) is 77.7 Å². The molecule has 0 aliphatic carbocycles. The van der Waals surface area contributed by atoms with Crippen LogP contribution in [0.1, 0.15) is 33.2 Å². The predicted molar refractivity (Wildman–Crippen MR) is 117 cm³/mol. The van der Waals surface area contributed by atoms with Crippen LogP contribution in [0.5, 0.6) is 5.75 Å². The van der Waals surface area contributed by atoms with E-state index in [0.717, 1.165) is 5.56 Å². The molecule has 0 heterocycles. The van der Waals surface area contributed by atoms with Crippen molar-refractivity contribution in [2.45, 2.75) is 18.4 Å². The summed E-state index contributed by atoms with van der Waals surface area (Å²) in [5, 5.41) is 5.68. The van der Waals surface area contributed by atoms with Crippen LogP contribution in [0.2, 0.25) is 0 Å². The van der Waals surface area contributed by atoms with Crippen LogP contribution < -0.4 is 15.4 Å². The highest BCUT2D eigenvalue weighted by Crippen LogP contribution is 2.19. The Hall–Kier alpha value is -3.58. The molecule has 0 aromatic heterocycles. The van der Waals surface area contributed by atoms with Gasteiger partial charge < -0.3 is 15.4 Å². The molecule has 0 saturated carbocycles. The molecule has 0 radical (unpaired) electrons. The van der Waals surface area contributed by atoms with E-state index in [2.05, 4.69) is 23.3 Å². The van der Waals surface area contributed by atoms with Gasteiger partial charge in [0.2, 0.25) is 0 Å². The Bertz CT molecular complexity index is 1100. The van der Waals surface area contributed by atoms with Crippen molar-refractivity contribution in [1.82, 2.24) is 5.32 Å². The third-order valence-electron chi connectivity index (χ3n) is 4.21. The number of ether oxygens (including phenoxy) is 1. The van der Waals surface area contributed by atoms with E-state index >= 15 is 0 Å². The molecule has 3 aromatic carbocycles. The first-order chi connectivity index (χ1) is 14.4. The number of carbonyl (C=O) groups excluding carboxylic acids is 3. The number of thiol groups is 1. The lowest BCUT2D eigenvalue weighted by atomic mass is 10.1. The summed E-state index contributed by atoms with van der Waals surface area (Å²) >= 11 is 4.32. The van der Waals surface area contributed by atoms with Crippen LogP contribution >= 0.6 is 12.6 Å². The Morgan fingerprint density at radius 1 is 0.900 bits per heavy atom. The van der Waals surface area contributed by atoms with Crippen molar-refractivity contribution in [3.05, 3.63) is 89.5 Å². The highest BCUT2D eigenvalue weighted by atomic mass is 32.1. The topological polar surface area (TPSA) is 84.5 Å². The Labute approximate surface area is 179 Å². The molecule has 0 atom stereocenters. The number of nitrogens with one attached hydrogen (secondary N) is 2. The van der Waals surface area contributed by atoms with Crippen molar-refractivity contribution in [3.8, 4) is 5.75 Å². The van der Waals surface area contributed by atoms with Crippen molar-refractivity contribution >= 4 is 36.1 Å². The maximum absolute atomic E-state index is 12.6. The largest absolute Gasteiger partial charge is 0.427 e. The van der Waals surface area contributed by atoms with Crippen LogP contribution in [0.4, 0.5) is 5.69 Å². The van der Waals surface area contributed by atoms with E-state index in [0.29, 0.717) is 27.5 Å². The summed E-state index contributed by atoms with van der Waals surface area (Å²) in [7, 11) is 0. The molecular formula is C23H20N2O4S. The van der Waals surface area contributed by atoms with Crippen molar-refractivity contribution in [1.29, 1.82) is 0 Å². The molecule has 0 aliphatic heterocycles. The monoisotopic (exact) mass is 420 g/mol. The molecule has 0 spiro atoms. The Morgan fingerprint density at radius 2 is 1.63 bits per heavy atom. The van der Waals surface area contributed by atoms with E-state index in [1.54, 1.807) is 54.6 Å². The zero-order chi connectivity index (χ0) is 21.5. The van der Waals surface area contributed by atoms with Gasteiger partial charge in [0.25, 0.3) is 11.8 Å². The molecular weight excluding hydrogens is 400 g/mol. The molecule has 2 amide bonds. The minimum atomic E-state index is -0.458. The number of para-hydroxylation sites is 1. The van der Waals surface area contributed by atoms with Crippen molar-refractivity contribution < 1.29 is 19.1 Å². The fourth-order valence-electron chi connectivity index (χ4n) is 2.80. The molecule has 30 heavy (non-hydrogen) atoms. The van der Waals surface area contributed by atoms with Gasteiger partial charge in [0.15, 0.2) is 0 Å². The average Bonchev–Trinajstić information content (AvgIpc) is 2.73. The number of amides is 2. The van der Waals surface area contributed by atoms with Gasteiger partial charge in [-0.3, -0.25) is 14.4 Å². The molecule has 0 saturated heterocycles. The predicted octanol–water partition coefficient (Wildman–Crippen LogP) is 4.08. The number of benzene rings is 3. The molecule has 0 bridgehead atoms. The normalized spacial score (nSPS) is 10.2. The number of hydrogen-bond acceptors (Lipinski definition) is 5. The molecule has 0 aliphatic rings. The minimum Gasteiger partial charge on any atom is -0.427 e. The lowest BCUT2D eigenvalue weighted by Gasteiger charge is -2.13. The quantitative estimate of drug-likeness (QED) is 0.319. The first kappa shape index (κ1) is 21.1. The van der Waals surface area contributed by atoms with E-state index in [-0.39, 0.29) is 18.4 Å². The third-order valence-corrected chi connectivity index (χ3v) is 4.60. The summed E-state index contributed by atoms with van der Waals surface area (Å²) in [4.78, 5) is 36.8. The molecule has 3 aromatic rings. The summed E-state index contributed by atoms with van der Waals surface area (Å²) < 4.78 is 5.01. The lowest BCUT2D eigenvalue weighted by molar-refractivity contribution is -0.131. The van der Waals surface area contributed by atoms with Gasteiger partial charge in [-0.05, 0) is 42.0 Å². The standard InChI is InChI=1S/C23H20N2O4S/c1-15(26)29-18-9-6-8-16(13-18)22(27)24-14-17-7-2-4-11-20(17)25-23(28)19-10-3-5-12-21(19)30/h2-13,30H,14H2,1H3,(H,24,27)(H,25,28). The first-order valence-corrected chi connectivity index (χ1v) is 9.62. The number of rotatable bonds is 6. The van der Waals surface area contributed by atoms with Gasteiger partial charge in [0.05, 0.1) is 5.56 Å². The second kappa shape index (κ2) is 9.76. The van der Waals surface area contributed by atoms with E-state index in [1.165, 1.54) is 13.0 Å². The maximum atomic E-state index is 12.6. The molecule has 7 heteroatoms. The van der Waals surface area contributed by atoms with Gasteiger partial charge in [-0.2, -0.15) is 0 Å². The van der Waals surface area contributed by atoms with Crippen LogP contribution in [-0.4, -0.2) is 17.8 Å². The fourth-order valence-corrected chi connectivity index (χ4v) is 3.06. The minimum absolute atomic E-state index is 0.204. The number of anilines is 1. The smallest absolute Gasteiger partial charge is 0.308 e. The van der Waals surface area contributed by atoms with Crippen molar-refractivity contribution in [2.75, 3.05) is 5.32 Å². The second-order valence-corrected chi connectivity index (χ2v) is 6.91. The number of hydrogen-bond donors (Lipinski definition) is 3. The molecule has 2 N–H and O–H groups in total. The van der Waals surface area contributed by atoms with E-state index in [9.17, 15) is 14.4 Å². The van der Waals surface area contributed by atoms with Crippen LogP contribution in [0.25, 0.3) is 0 Å². The third kappa shape index (κ3) is 5.48. The molecule has 0 fully saturated rings. The average molecular weight is 420 g/mol. The zero-order valence-corrected chi connectivity index (χ0v) is 17.1. The molecule has 6 nitrogen and oxygen atoms in total. The van der Waals surface area contributed by atoms with Gasteiger partial charge in [0.1, 0.15) is 5.75 Å². The van der Waals surface area contributed by atoms with E-state index < -0.39 is 5.97 Å². The van der Waals surface area contributed by atoms with Gasteiger partial charge in [-0.15, -0.1) is 12.6 Å². The van der Waals surface area contributed by atoms with Crippen LogP contribution in [0.3, 0.4) is 0 Å². The highest BCUT2D eigenvalue weighted by Gasteiger charge is 2.13. The van der Waals surface area contributed by atoms with Gasteiger partial charge >= 0.3 is 5.97 Å². The summed E-state index contributed by atoms with van der Waals surface area (Å²) in [6, 6.07) is 20.6. The van der Waals surface area contributed by atoms with Gasteiger partial charge in [-0.1, -0.05) is 36.4 Å². The van der Waals surface area contributed by atoms with E-state index in [4.69, 9.17) is 4.74 Å². The Morgan fingerprint density at radius 3 is 2.40 bits per heavy atom. The maximum Gasteiger partial charge on any atom is 0.308 e. The number of esters is 1. The summed E-state index contributed by atoms with van der Waals surface area (Å²) in [5.74, 6) is -0.771. The SMILES string of the molecule is CC(=O)Oc1cccc(C(=O)NCc2ccccc2NC(=O)c2ccccc2S)c1. The molecule has 3 rings (SSSR count). The van der Waals surface area contributed by atoms with Crippen molar-refractivity contribution in [3.63, 3.8) is 0 Å². The van der Waals surface area contributed by atoms with Crippen LogP contribution in [0, 0.1) is 0 Å². The van der Waals surface area contributed by atoms with Crippen molar-refractivity contribution in [2.24, 2.45) is 0 Å². The molecule has 0 unspecified atom stereocenters. The Kier molecular flexibility index (Phi) is 6.87. The summed E-state index contributed by atoms with van der Waals surface area (Å²) in [6.45, 7) is 1.50. The lowest BCUT2D eigenvalue weighted by Crippen LogP contribution is -2.24. The van der Waals surface area contributed by atoms with Gasteiger partial charge in [0, 0.05) is 29.6 Å². The summed E-state index contributed by atoms with van der Waals surface area (Å²) in [5.41, 5.74) is 2.15. The second-order valence-electron chi connectivity index (χ2n) is 6.43. The zero-order valence-electron chi connectivity index (χ0n) is 16.2. The van der Waals surface area contributed by atoms with E-state index in [1.807, 2.05) is 12.1 Å². The van der Waals surface area contributed by atoms with Crippen LogP contribution in [-0.2, 0) is 11.3 Å². The highest BCUT2D eigenvalue weighted by molar-refractivity contribution is 7.80. The number of carbonyl (C=O) groups is 3. The Balaban J connectivity index is 1.69. The molecule has 152 valence electrons. The summed E-state index contributed by atoms with van der Waals surface area (Å²) in [6.07, 6.45) is 0.